The molecule has 1 aromatic carbocycles. The highest BCUT2D eigenvalue weighted by Gasteiger charge is 2.39. The molecule has 0 aliphatic heterocycles. The van der Waals surface area contributed by atoms with Crippen molar-refractivity contribution in [1.29, 1.82) is 0 Å². The second-order valence-electron chi connectivity index (χ2n) is 6.34. The average molecular weight is 293 g/mol. The summed E-state index contributed by atoms with van der Waals surface area (Å²) in [6.07, 6.45) is 3.93. The molecule has 1 fully saturated rings. The Bertz CT molecular complexity index is 487. The number of carbonyl (C=O) groups excluding carboxylic acids is 1. The summed E-state index contributed by atoms with van der Waals surface area (Å²) >= 11 is 6.17. The van der Waals surface area contributed by atoms with Crippen LogP contribution >= 0.6 is 11.6 Å². The first-order valence-electron chi connectivity index (χ1n) is 6.84. The number of rotatable bonds is 2. The topological polar surface area (TPSA) is 17.1 Å². The van der Waals surface area contributed by atoms with Crippen molar-refractivity contribution in [3.8, 4) is 0 Å². The van der Waals surface area contributed by atoms with E-state index in [1.54, 1.807) is 0 Å². The number of hydrogen-bond donors (Lipinski definition) is 0. The smallest absolute Gasteiger partial charge is 0.176 e. The Morgan fingerprint density at radius 1 is 1.16 bits per heavy atom. The minimum atomic E-state index is -1.39. The number of hydrogen-bond acceptors (Lipinski definition) is 1. The normalized spacial score (nSPS) is 26.7. The lowest BCUT2D eigenvalue weighted by atomic mass is 9.91. The van der Waals surface area contributed by atoms with Crippen LogP contribution in [0.3, 0.4) is 0 Å². The van der Waals surface area contributed by atoms with Crippen molar-refractivity contribution >= 4 is 31.5 Å². The largest absolute Gasteiger partial charge is 0.293 e. The van der Waals surface area contributed by atoms with Gasteiger partial charge in [0, 0.05) is 0 Å². The van der Waals surface area contributed by atoms with Crippen molar-refractivity contribution in [2.24, 2.45) is 0 Å². The number of benzene rings is 1. The first kappa shape index (κ1) is 14.5. The molecule has 1 aliphatic rings. The SMILES string of the molecule is C[Si](C)(C)C1CCC(Cl)C(=O)C1=Cc1ccccc1. The third-order valence-corrected chi connectivity index (χ3v) is 6.93. The van der Waals surface area contributed by atoms with Crippen LogP contribution in [-0.2, 0) is 4.79 Å². The summed E-state index contributed by atoms with van der Waals surface area (Å²) in [6, 6.07) is 10.1. The van der Waals surface area contributed by atoms with Crippen LogP contribution in [0.4, 0.5) is 0 Å². The van der Waals surface area contributed by atoms with E-state index in [4.69, 9.17) is 11.6 Å². The molecule has 1 aliphatic carbocycles. The Hall–Kier alpha value is -0.863. The Balaban J connectivity index is 2.41. The molecule has 2 atom stereocenters. The van der Waals surface area contributed by atoms with Crippen LogP contribution in [0.15, 0.2) is 35.9 Å². The number of ketones is 1. The molecule has 0 radical (unpaired) electrons. The molecule has 0 amide bonds. The van der Waals surface area contributed by atoms with Gasteiger partial charge in [-0.05, 0) is 35.6 Å². The summed E-state index contributed by atoms with van der Waals surface area (Å²) in [7, 11) is -1.39. The molecule has 0 heterocycles. The van der Waals surface area contributed by atoms with Crippen molar-refractivity contribution in [2.45, 2.75) is 43.4 Å². The average Bonchev–Trinajstić information content (AvgIpc) is 2.35. The van der Waals surface area contributed by atoms with Crippen molar-refractivity contribution in [2.75, 3.05) is 0 Å². The van der Waals surface area contributed by atoms with Crippen molar-refractivity contribution in [3.63, 3.8) is 0 Å². The van der Waals surface area contributed by atoms with Gasteiger partial charge in [-0.25, -0.2) is 0 Å². The lowest BCUT2D eigenvalue weighted by molar-refractivity contribution is -0.116. The molecule has 102 valence electrons. The minimum absolute atomic E-state index is 0.143. The van der Waals surface area contributed by atoms with Crippen molar-refractivity contribution < 1.29 is 4.79 Å². The zero-order valence-corrected chi connectivity index (χ0v) is 13.6. The summed E-state index contributed by atoms with van der Waals surface area (Å²) in [5.41, 5.74) is 2.48. The number of carbonyl (C=O) groups is 1. The van der Waals surface area contributed by atoms with Crippen molar-refractivity contribution in [1.82, 2.24) is 0 Å². The van der Waals surface area contributed by atoms with E-state index in [1.165, 1.54) is 0 Å². The maximum atomic E-state index is 12.4. The minimum Gasteiger partial charge on any atom is -0.293 e. The summed E-state index contributed by atoms with van der Waals surface area (Å²) in [4.78, 5) is 12.4. The van der Waals surface area contributed by atoms with Crippen LogP contribution in [-0.4, -0.2) is 19.2 Å². The Labute approximate surface area is 121 Å². The van der Waals surface area contributed by atoms with E-state index in [2.05, 4.69) is 25.7 Å². The predicted octanol–water partition coefficient (Wildman–Crippen LogP) is 4.75. The van der Waals surface area contributed by atoms with Gasteiger partial charge in [0.2, 0.25) is 0 Å². The third-order valence-electron chi connectivity index (χ3n) is 3.82. The van der Waals surface area contributed by atoms with Crippen LogP contribution in [0.25, 0.3) is 6.08 Å². The van der Waals surface area contributed by atoms with Gasteiger partial charge in [0.25, 0.3) is 0 Å². The van der Waals surface area contributed by atoms with E-state index in [9.17, 15) is 4.79 Å². The van der Waals surface area contributed by atoms with E-state index in [1.807, 2.05) is 30.3 Å². The van der Waals surface area contributed by atoms with E-state index in [0.29, 0.717) is 5.54 Å². The summed E-state index contributed by atoms with van der Waals surface area (Å²) < 4.78 is 0. The van der Waals surface area contributed by atoms with Gasteiger partial charge in [0.1, 0.15) is 0 Å². The van der Waals surface area contributed by atoms with E-state index < -0.39 is 8.07 Å². The molecule has 0 bridgehead atoms. The van der Waals surface area contributed by atoms with Gasteiger partial charge in [-0.3, -0.25) is 4.79 Å². The Morgan fingerprint density at radius 3 is 2.37 bits per heavy atom. The molecule has 0 N–H and O–H groups in total. The first-order chi connectivity index (χ1) is 8.89. The molecular weight excluding hydrogens is 272 g/mol. The Morgan fingerprint density at radius 2 is 1.79 bits per heavy atom. The van der Waals surface area contributed by atoms with Crippen LogP contribution in [0.1, 0.15) is 18.4 Å². The van der Waals surface area contributed by atoms with Crippen LogP contribution in [0, 0.1) is 0 Å². The zero-order chi connectivity index (χ0) is 14.0. The van der Waals surface area contributed by atoms with Crippen LogP contribution in [0.5, 0.6) is 0 Å². The fourth-order valence-electron chi connectivity index (χ4n) is 2.75. The molecule has 0 saturated heterocycles. The molecule has 1 aromatic rings. The second kappa shape index (κ2) is 5.64. The van der Waals surface area contributed by atoms with Gasteiger partial charge in [-0.2, -0.15) is 0 Å². The molecule has 2 unspecified atom stereocenters. The van der Waals surface area contributed by atoms with Gasteiger partial charge in [-0.1, -0.05) is 50.0 Å². The molecule has 3 heteroatoms. The van der Waals surface area contributed by atoms with Gasteiger partial charge in [0.05, 0.1) is 13.5 Å². The van der Waals surface area contributed by atoms with Gasteiger partial charge >= 0.3 is 0 Å². The highest BCUT2D eigenvalue weighted by molar-refractivity contribution is 6.78. The summed E-state index contributed by atoms with van der Waals surface area (Å²) in [6.45, 7) is 7.00. The molecular formula is C16H21ClOSi. The molecule has 19 heavy (non-hydrogen) atoms. The van der Waals surface area contributed by atoms with Gasteiger partial charge in [0.15, 0.2) is 5.78 Å². The van der Waals surface area contributed by atoms with Crippen LogP contribution in [0.2, 0.25) is 25.2 Å². The molecule has 2 rings (SSSR count). The van der Waals surface area contributed by atoms with E-state index in [0.717, 1.165) is 24.0 Å². The molecule has 0 aromatic heterocycles. The lowest BCUT2D eigenvalue weighted by Crippen LogP contribution is -2.37. The highest BCUT2D eigenvalue weighted by Crippen LogP contribution is 2.41. The first-order valence-corrected chi connectivity index (χ1v) is 10.9. The van der Waals surface area contributed by atoms with E-state index in [-0.39, 0.29) is 11.2 Å². The maximum Gasteiger partial charge on any atom is 0.176 e. The molecule has 0 spiro atoms. The molecule has 1 saturated carbocycles. The quantitative estimate of drug-likeness (QED) is 0.437. The number of alkyl halides is 1. The number of Topliss-reactive ketones (excluding diaryl/α,β-unsaturated/α-hetero) is 1. The number of halogens is 1. The third kappa shape index (κ3) is 3.37. The van der Waals surface area contributed by atoms with Crippen molar-refractivity contribution in [3.05, 3.63) is 41.5 Å². The van der Waals surface area contributed by atoms with Gasteiger partial charge < -0.3 is 0 Å². The highest BCUT2D eigenvalue weighted by atomic mass is 35.5. The van der Waals surface area contributed by atoms with Gasteiger partial charge in [-0.15, -0.1) is 11.6 Å². The van der Waals surface area contributed by atoms with Crippen LogP contribution < -0.4 is 0 Å². The Kier molecular flexibility index (Phi) is 4.31. The second-order valence-corrected chi connectivity index (χ2v) is 12.3. The summed E-state index contributed by atoms with van der Waals surface area (Å²) in [5, 5.41) is -0.331. The molecule has 1 nitrogen and oxygen atoms in total. The number of allylic oxidation sites excluding steroid dienone is 1. The summed E-state index contributed by atoms with van der Waals surface area (Å²) in [5.74, 6) is 0.143. The lowest BCUT2D eigenvalue weighted by Gasteiger charge is -2.35. The van der Waals surface area contributed by atoms with E-state index >= 15 is 0 Å². The monoisotopic (exact) mass is 292 g/mol. The fraction of sp³-hybridized carbons (Fsp3) is 0.438. The zero-order valence-electron chi connectivity index (χ0n) is 11.8. The maximum absolute atomic E-state index is 12.4. The fourth-order valence-corrected chi connectivity index (χ4v) is 5.20. The predicted molar refractivity (Wildman–Crippen MR) is 85.4 cm³/mol. The standard InChI is InChI=1S/C16H21ClOSi/c1-19(2,3)15-10-9-14(17)16(18)13(15)11-12-7-5-4-6-8-12/h4-8,11,14-15H,9-10H2,1-3H3.